The maximum absolute atomic E-state index is 5.91. The van der Waals surface area contributed by atoms with Gasteiger partial charge in [0, 0.05) is 24.7 Å². The van der Waals surface area contributed by atoms with Gasteiger partial charge in [-0.2, -0.15) is 0 Å². The van der Waals surface area contributed by atoms with E-state index < -0.39 is 0 Å². The standard InChI is InChI=1S/C10H24N2/c1-6-10(11)7-12(8(2)3)9(4)5/h8-10H,6-7,11H2,1-5H3/t10-/m0/s1. The molecule has 0 amide bonds. The van der Waals surface area contributed by atoms with Crippen LogP contribution in [0.5, 0.6) is 0 Å². The summed E-state index contributed by atoms with van der Waals surface area (Å²) in [5.74, 6) is 0. The maximum atomic E-state index is 5.91. The predicted octanol–water partition coefficient (Wildman–Crippen LogP) is 1.84. The molecule has 0 aromatic rings. The lowest BCUT2D eigenvalue weighted by Crippen LogP contribution is -2.44. The summed E-state index contributed by atoms with van der Waals surface area (Å²) in [6.07, 6.45) is 1.07. The molecule has 1 atom stereocenters. The van der Waals surface area contributed by atoms with Crippen LogP contribution in [0.4, 0.5) is 0 Å². The number of hydrogen-bond donors (Lipinski definition) is 1. The fraction of sp³-hybridized carbons (Fsp3) is 1.00. The Bertz CT molecular complexity index is 102. The fourth-order valence-electron chi connectivity index (χ4n) is 1.42. The zero-order valence-corrected chi connectivity index (χ0v) is 9.17. The lowest BCUT2D eigenvalue weighted by molar-refractivity contribution is 0.163. The van der Waals surface area contributed by atoms with Gasteiger partial charge in [0.15, 0.2) is 0 Å². The molecule has 0 aromatic carbocycles. The SMILES string of the molecule is CC[C@H](N)CN(C(C)C)C(C)C. The van der Waals surface area contributed by atoms with Crippen molar-refractivity contribution in [2.24, 2.45) is 5.73 Å². The first-order valence-electron chi connectivity index (χ1n) is 5.00. The summed E-state index contributed by atoms with van der Waals surface area (Å²) < 4.78 is 0. The molecule has 0 bridgehead atoms. The van der Waals surface area contributed by atoms with E-state index in [-0.39, 0.29) is 0 Å². The molecule has 0 unspecified atom stereocenters. The summed E-state index contributed by atoms with van der Waals surface area (Å²) in [6, 6.07) is 1.53. The van der Waals surface area contributed by atoms with Crippen LogP contribution >= 0.6 is 0 Å². The van der Waals surface area contributed by atoms with E-state index in [9.17, 15) is 0 Å². The monoisotopic (exact) mass is 172 g/mol. The molecule has 2 nitrogen and oxygen atoms in total. The van der Waals surface area contributed by atoms with Crippen molar-refractivity contribution < 1.29 is 0 Å². The summed E-state index contributed by atoms with van der Waals surface area (Å²) in [4.78, 5) is 2.44. The van der Waals surface area contributed by atoms with Crippen LogP contribution in [-0.4, -0.2) is 29.6 Å². The van der Waals surface area contributed by atoms with Gasteiger partial charge < -0.3 is 5.73 Å². The minimum Gasteiger partial charge on any atom is -0.327 e. The first-order chi connectivity index (χ1) is 5.49. The Labute approximate surface area is 77.1 Å². The highest BCUT2D eigenvalue weighted by atomic mass is 15.2. The summed E-state index contributed by atoms with van der Waals surface area (Å²) in [5.41, 5.74) is 5.91. The normalized spacial score (nSPS) is 14.8. The highest BCUT2D eigenvalue weighted by molar-refractivity contribution is 4.72. The smallest absolute Gasteiger partial charge is 0.0165 e. The van der Waals surface area contributed by atoms with Crippen LogP contribution in [-0.2, 0) is 0 Å². The Morgan fingerprint density at radius 1 is 1.08 bits per heavy atom. The second kappa shape index (κ2) is 5.55. The highest BCUT2D eigenvalue weighted by Crippen LogP contribution is 2.06. The largest absolute Gasteiger partial charge is 0.327 e. The number of hydrogen-bond acceptors (Lipinski definition) is 2. The Kier molecular flexibility index (Phi) is 5.51. The van der Waals surface area contributed by atoms with Crippen molar-refractivity contribution in [2.75, 3.05) is 6.54 Å². The Balaban J connectivity index is 3.95. The number of nitrogens with two attached hydrogens (primary N) is 1. The molecule has 0 rings (SSSR count). The predicted molar refractivity (Wildman–Crippen MR) is 55.2 cm³/mol. The molecule has 2 heteroatoms. The van der Waals surface area contributed by atoms with Crippen molar-refractivity contribution in [1.82, 2.24) is 4.90 Å². The number of rotatable bonds is 5. The van der Waals surface area contributed by atoms with Crippen LogP contribution in [0.3, 0.4) is 0 Å². The van der Waals surface area contributed by atoms with Gasteiger partial charge in [0.1, 0.15) is 0 Å². The third-order valence-electron chi connectivity index (χ3n) is 2.30. The molecule has 0 fully saturated rings. The van der Waals surface area contributed by atoms with Crippen molar-refractivity contribution in [2.45, 2.75) is 59.2 Å². The minimum absolute atomic E-state index is 0.329. The molecule has 12 heavy (non-hydrogen) atoms. The molecule has 0 aliphatic carbocycles. The molecular weight excluding hydrogens is 148 g/mol. The van der Waals surface area contributed by atoms with Crippen molar-refractivity contribution in [3.8, 4) is 0 Å². The summed E-state index contributed by atoms with van der Waals surface area (Å²) in [7, 11) is 0. The molecule has 0 saturated heterocycles. The fourth-order valence-corrected chi connectivity index (χ4v) is 1.42. The average molecular weight is 172 g/mol. The van der Waals surface area contributed by atoms with Gasteiger partial charge in [0.25, 0.3) is 0 Å². The van der Waals surface area contributed by atoms with Crippen LogP contribution in [0.1, 0.15) is 41.0 Å². The van der Waals surface area contributed by atoms with Gasteiger partial charge in [0.2, 0.25) is 0 Å². The van der Waals surface area contributed by atoms with E-state index in [4.69, 9.17) is 5.73 Å². The van der Waals surface area contributed by atoms with Crippen LogP contribution in [0, 0.1) is 0 Å². The molecule has 0 heterocycles. The van der Waals surface area contributed by atoms with Gasteiger partial charge in [0.05, 0.1) is 0 Å². The van der Waals surface area contributed by atoms with Gasteiger partial charge in [-0.3, -0.25) is 4.90 Å². The van der Waals surface area contributed by atoms with E-state index in [0.717, 1.165) is 13.0 Å². The van der Waals surface area contributed by atoms with E-state index in [2.05, 4.69) is 39.5 Å². The zero-order valence-electron chi connectivity index (χ0n) is 9.17. The molecule has 0 aliphatic heterocycles. The molecule has 0 radical (unpaired) electrons. The van der Waals surface area contributed by atoms with Gasteiger partial charge in [-0.05, 0) is 34.1 Å². The average Bonchev–Trinajstić information content (AvgIpc) is 1.98. The van der Waals surface area contributed by atoms with Crippen molar-refractivity contribution in [3.63, 3.8) is 0 Å². The van der Waals surface area contributed by atoms with E-state index in [1.54, 1.807) is 0 Å². The van der Waals surface area contributed by atoms with Crippen LogP contribution in [0.15, 0.2) is 0 Å². The number of nitrogens with zero attached hydrogens (tertiary/aromatic N) is 1. The van der Waals surface area contributed by atoms with Gasteiger partial charge in [-0.15, -0.1) is 0 Å². The van der Waals surface area contributed by atoms with E-state index in [0.29, 0.717) is 18.1 Å². The summed E-state index contributed by atoms with van der Waals surface area (Å²) >= 11 is 0. The first kappa shape index (κ1) is 11.9. The van der Waals surface area contributed by atoms with Crippen molar-refractivity contribution in [1.29, 1.82) is 0 Å². The minimum atomic E-state index is 0.329. The van der Waals surface area contributed by atoms with Crippen molar-refractivity contribution >= 4 is 0 Å². The van der Waals surface area contributed by atoms with Crippen LogP contribution in [0.25, 0.3) is 0 Å². The second-order valence-electron chi connectivity index (χ2n) is 4.05. The van der Waals surface area contributed by atoms with Crippen LogP contribution < -0.4 is 5.73 Å². The van der Waals surface area contributed by atoms with Gasteiger partial charge in [-0.25, -0.2) is 0 Å². The maximum Gasteiger partial charge on any atom is 0.0165 e. The topological polar surface area (TPSA) is 29.3 Å². The molecule has 0 aromatic heterocycles. The van der Waals surface area contributed by atoms with E-state index >= 15 is 0 Å². The molecule has 74 valence electrons. The quantitative estimate of drug-likeness (QED) is 0.685. The van der Waals surface area contributed by atoms with Gasteiger partial charge in [-0.1, -0.05) is 6.92 Å². The highest BCUT2D eigenvalue weighted by Gasteiger charge is 2.15. The molecule has 2 N–H and O–H groups in total. The lowest BCUT2D eigenvalue weighted by Gasteiger charge is -2.32. The van der Waals surface area contributed by atoms with Crippen LogP contribution in [0.2, 0.25) is 0 Å². The lowest BCUT2D eigenvalue weighted by atomic mass is 10.1. The Morgan fingerprint density at radius 3 is 1.75 bits per heavy atom. The molecular formula is C10H24N2. The zero-order chi connectivity index (χ0) is 9.72. The third-order valence-corrected chi connectivity index (χ3v) is 2.30. The van der Waals surface area contributed by atoms with E-state index in [1.165, 1.54) is 0 Å². The van der Waals surface area contributed by atoms with E-state index in [1.807, 2.05) is 0 Å². The molecule has 0 spiro atoms. The van der Waals surface area contributed by atoms with Crippen molar-refractivity contribution in [3.05, 3.63) is 0 Å². The third kappa shape index (κ3) is 4.07. The second-order valence-corrected chi connectivity index (χ2v) is 4.05. The molecule has 0 aliphatic rings. The Hall–Kier alpha value is -0.0800. The van der Waals surface area contributed by atoms with Gasteiger partial charge >= 0.3 is 0 Å². The summed E-state index contributed by atoms with van der Waals surface area (Å²) in [5, 5.41) is 0. The summed E-state index contributed by atoms with van der Waals surface area (Å²) in [6.45, 7) is 12.1. The first-order valence-corrected chi connectivity index (χ1v) is 5.00. The molecule has 0 saturated carbocycles. The Morgan fingerprint density at radius 2 is 1.50 bits per heavy atom.